The van der Waals surface area contributed by atoms with Crippen LogP contribution >= 0.6 is 0 Å². The minimum atomic E-state index is 0.578. The quantitative estimate of drug-likeness (QED) is 0.231. The molecule has 0 saturated heterocycles. The zero-order chi connectivity index (χ0) is 12.6. The second-order valence-electron chi connectivity index (χ2n) is 5.79. The minimum Gasteiger partial charge on any atom is -0.353 e. The maximum absolute atomic E-state index is 5.51. The highest BCUT2D eigenvalue weighted by Crippen LogP contribution is 2.28. The Kier molecular flexibility index (Phi) is 5.78. The predicted octanol–water partition coefficient (Wildman–Crippen LogP) is 2.31. The second-order valence-corrected chi connectivity index (χ2v) is 5.79. The third-order valence-electron chi connectivity index (χ3n) is 4.35. The molecule has 2 saturated carbocycles. The van der Waals surface area contributed by atoms with Gasteiger partial charge in [-0.3, -0.25) is 10.4 Å². The van der Waals surface area contributed by atoms with Gasteiger partial charge in [0.2, 0.25) is 5.96 Å². The van der Waals surface area contributed by atoms with Gasteiger partial charge in [-0.2, -0.15) is 0 Å². The van der Waals surface area contributed by atoms with Gasteiger partial charge in [-0.1, -0.05) is 38.5 Å². The molecular weight excluding hydrogens is 224 g/mol. The number of nitrogens with one attached hydrogen (secondary N) is 2. The highest BCUT2D eigenvalue weighted by Gasteiger charge is 2.16. The fourth-order valence-corrected chi connectivity index (χ4v) is 3.27. The van der Waals surface area contributed by atoms with Crippen LogP contribution in [0, 0.1) is 5.92 Å². The van der Waals surface area contributed by atoms with E-state index in [9.17, 15) is 0 Å². The molecule has 0 heterocycles. The monoisotopic (exact) mass is 252 g/mol. The SMILES string of the molecule is NNC(=NCCCC1CCCC1)NC1CCCC1. The molecule has 0 radical (unpaired) electrons. The second kappa shape index (κ2) is 7.62. The van der Waals surface area contributed by atoms with Crippen LogP contribution in [0.25, 0.3) is 0 Å². The van der Waals surface area contributed by atoms with Crippen molar-refractivity contribution in [3.63, 3.8) is 0 Å². The number of hydrogen-bond donors (Lipinski definition) is 3. The molecule has 0 aromatic rings. The number of rotatable bonds is 5. The average molecular weight is 252 g/mol. The van der Waals surface area contributed by atoms with Crippen molar-refractivity contribution in [2.24, 2.45) is 16.8 Å². The van der Waals surface area contributed by atoms with Crippen molar-refractivity contribution in [2.45, 2.75) is 70.3 Å². The van der Waals surface area contributed by atoms with Crippen LogP contribution in [0.4, 0.5) is 0 Å². The third kappa shape index (κ3) is 4.48. The Morgan fingerprint density at radius 3 is 2.39 bits per heavy atom. The summed E-state index contributed by atoms with van der Waals surface area (Å²) in [5.41, 5.74) is 2.70. The van der Waals surface area contributed by atoms with E-state index in [1.54, 1.807) is 0 Å². The fourth-order valence-electron chi connectivity index (χ4n) is 3.27. The van der Waals surface area contributed by atoms with Crippen LogP contribution in [-0.4, -0.2) is 18.5 Å². The van der Waals surface area contributed by atoms with Crippen LogP contribution in [0.5, 0.6) is 0 Å². The summed E-state index contributed by atoms with van der Waals surface area (Å²) in [5, 5.41) is 3.41. The van der Waals surface area contributed by atoms with Gasteiger partial charge in [-0.15, -0.1) is 0 Å². The molecule has 2 aliphatic carbocycles. The van der Waals surface area contributed by atoms with Crippen LogP contribution in [0.3, 0.4) is 0 Å². The Balaban J connectivity index is 1.61. The predicted molar refractivity (Wildman–Crippen MR) is 76.2 cm³/mol. The zero-order valence-electron chi connectivity index (χ0n) is 11.5. The third-order valence-corrected chi connectivity index (χ3v) is 4.35. The summed E-state index contributed by atoms with van der Waals surface area (Å²) in [5.74, 6) is 7.27. The Morgan fingerprint density at radius 1 is 1.06 bits per heavy atom. The number of nitrogens with zero attached hydrogens (tertiary/aromatic N) is 1. The summed E-state index contributed by atoms with van der Waals surface area (Å²) in [4.78, 5) is 4.54. The van der Waals surface area contributed by atoms with Gasteiger partial charge < -0.3 is 5.32 Å². The van der Waals surface area contributed by atoms with Crippen molar-refractivity contribution in [1.29, 1.82) is 0 Å². The van der Waals surface area contributed by atoms with Crippen LogP contribution < -0.4 is 16.6 Å². The normalized spacial score (nSPS) is 22.6. The van der Waals surface area contributed by atoms with E-state index < -0.39 is 0 Å². The van der Waals surface area contributed by atoms with E-state index in [1.165, 1.54) is 64.2 Å². The van der Waals surface area contributed by atoms with Gasteiger partial charge in [0.1, 0.15) is 0 Å². The van der Waals surface area contributed by atoms with Crippen molar-refractivity contribution < 1.29 is 0 Å². The number of nitrogens with two attached hydrogens (primary N) is 1. The first-order valence-corrected chi connectivity index (χ1v) is 7.66. The van der Waals surface area contributed by atoms with E-state index in [0.717, 1.165) is 18.4 Å². The Bertz CT molecular complexity index is 253. The van der Waals surface area contributed by atoms with Gasteiger partial charge in [0.25, 0.3) is 0 Å². The lowest BCUT2D eigenvalue weighted by Crippen LogP contribution is -2.45. The summed E-state index contributed by atoms with van der Waals surface area (Å²) < 4.78 is 0. The summed E-state index contributed by atoms with van der Waals surface area (Å²) in [7, 11) is 0. The highest BCUT2D eigenvalue weighted by molar-refractivity contribution is 5.79. The maximum atomic E-state index is 5.51. The van der Waals surface area contributed by atoms with Gasteiger partial charge in [0.15, 0.2) is 0 Å². The number of guanidine groups is 1. The molecule has 0 amide bonds. The molecule has 0 bridgehead atoms. The maximum Gasteiger partial charge on any atom is 0.205 e. The molecule has 2 rings (SSSR count). The van der Waals surface area contributed by atoms with Gasteiger partial charge in [0, 0.05) is 12.6 Å². The smallest absolute Gasteiger partial charge is 0.205 e. The molecular formula is C14H28N4. The van der Waals surface area contributed by atoms with Gasteiger partial charge >= 0.3 is 0 Å². The Hall–Kier alpha value is -0.770. The molecule has 18 heavy (non-hydrogen) atoms. The van der Waals surface area contributed by atoms with E-state index in [0.29, 0.717) is 6.04 Å². The zero-order valence-corrected chi connectivity index (χ0v) is 11.5. The van der Waals surface area contributed by atoms with E-state index in [-0.39, 0.29) is 0 Å². The van der Waals surface area contributed by atoms with Crippen LogP contribution in [0.2, 0.25) is 0 Å². The molecule has 4 nitrogen and oxygen atoms in total. The van der Waals surface area contributed by atoms with Gasteiger partial charge in [0.05, 0.1) is 0 Å². The van der Waals surface area contributed by atoms with Crippen molar-refractivity contribution in [3.8, 4) is 0 Å². The molecule has 104 valence electrons. The summed E-state index contributed by atoms with van der Waals surface area (Å²) >= 11 is 0. The molecule has 2 fully saturated rings. The molecule has 0 spiro atoms. The van der Waals surface area contributed by atoms with E-state index in [4.69, 9.17) is 5.84 Å². The standard InChI is InChI=1S/C14H28N4/c15-18-14(17-13-9-3-4-10-13)16-11-5-8-12-6-1-2-7-12/h12-13H,1-11,15H2,(H2,16,17,18). The molecule has 0 atom stereocenters. The first-order valence-electron chi connectivity index (χ1n) is 7.66. The van der Waals surface area contributed by atoms with Crippen molar-refractivity contribution >= 4 is 5.96 Å². The van der Waals surface area contributed by atoms with Gasteiger partial charge in [-0.25, -0.2) is 5.84 Å². The van der Waals surface area contributed by atoms with Crippen LogP contribution in [-0.2, 0) is 0 Å². The molecule has 0 aromatic heterocycles. The number of hydrazine groups is 1. The largest absolute Gasteiger partial charge is 0.353 e. The minimum absolute atomic E-state index is 0.578. The lowest BCUT2D eigenvalue weighted by molar-refractivity contribution is 0.487. The van der Waals surface area contributed by atoms with E-state index in [2.05, 4.69) is 15.7 Å². The van der Waals surface area contributed by atoms with Crippen LogP contribution in [0.1, 0.15) is 64.2 Å². The highest BCUT2D eigenvalue weighted by atomic mass is 15.3. The first kappa shape index (κ1) is 13.7. The van der Waals surface area contributed by atoms with Crippen molar-refractivity contribution in [1.82, 2.24) is 10.7 Å². The molecule has 4 N–H and O–H groups in total. The first-order chi connectivity index (χ1) is 8.88. The molecule has 0 aliphatic heterocycles. The number of aliphatic imine (C=N–C) groups is 1. The molecule has 0 aromatic carbocycles. The van der Waals surface area contributed by atoms with E-state index in [1.807, 2.05) is 0 Å². The average Bonchev–Trinajstić information content (AvgIpc) is 3.06. The van der Waals surface area contributed by atoms with Gasteiger partial charge in [-0.05, 0) is 31.6 Å². The lowest BCUT2D eigenvalue weighted by atomic mass is 10.0. The van der Waals surface area contributed by atoms with Crippen LogP contribution in [0.15, 0.2) is 4.99 Å². The molecule has 0 unspecified atom stereocenters. The summed E-state index contributed by atoms with van der Waals surface area (Å²) in [6, 6.07) is 0.578. The number of hydrogen-bond acceptors (Lipinski definition) is 2. The van der Waals surface area contributed by atoms with Crippen molar-refractivity contribution in [3.05, 3.63) is 0 Å². The Labute approximate surface area is 111 Å². The summed E-state index contributed by atoms with van der Waals surface area (Å²) in [6.45, 7) is 0.899. The van der Waals surface area contributed by atoms with E-state index >= 15 is 0 Å². The summed E-state index contributed by atoms with van der Waals surface area (Å²) in [6.07, 6.45) is 13.4. The topological polar surface area (TPSA) is 62.4 Å². The lowest BCUT2D eigenvalue weighted by Gasteiger charge is -2.15. The molecule has 2 aliphatic rings. The fraction of sp³-hybridized carbons (Fsp3) is 0.929. The Morgan fingerprint density at radius 2 is 1.72 bits per heavy atom. The van der Waals surface area contributed by atoms with Crippen molar-refractivity contribution in [2.75, 3.05) is 6.54 Å². The molecule has 4 heteroatoms.